The van der Waals surface area contributed by atoms with Crippen molar-refractivity contribution in [3.63, 3.8) is 0 Å². The van der Waals surface area contributed by atoms with E-state index in [0.29, 0.717) is 11.9 Å². The van der Waals surface area contributed by atoms with Gasteiger partial charge in [0, 0.05) is 4.47 Å². The Hall–Kier alpha value is -1.03. The smallest absolute Gasteiger partial charge is 0.196 e. The van der Waals surface area contributed by atoms with Crippen LogP contribution in [0.2, 0.25) is 0 Å². The molecule has 1 saturated carbocycles. The average Bonchev–Trinajstić information content (AvgIpc) is 2.75. The normalized spacial score (nSPS) is 33.5. The largest absolute Gasteiger partial charge is 0.369 e. The van der Waals surface area contributed by atoms with Gasteiger partial charge in [-0.2, -0.15) is 0 Å². The van der Waals surface area contributed by atoms with Gasteiger partial charge in [0.1, 0.15) is 0 Å². The molecule has 2 N–H and O–H groups in total. The summed E-state index contributed by atoms with van der Waals surface area (Å²) in [6, 6.07) is 8.31. The highest BCUT2D eigenvalue weighted by molar-refractivity contribution is 9.10. The van der Waals surface area contributed by atoms with Gasteiger partial charge in [-0.3, -0.25) is 4.99 Å². The fraction of sp³-hybridized carbons (Fsp3) is 0.562. The summed E-state index contributed by atoms with van der Waals surface area (Å²) in [6.07, 6.45) is 3.74. The SMILES string of the molecule is CC1CCCC2(CN=C(N)N2c2ccccc2Br)C1C. The summed E-state index contributed by atoms with van der Waals surface area (Å²) in [6.45, 7) is 5.55. The molecule has 3 rings (SSSR count). The van der Waals surface area contributed by atoms with Gasteiger partial charge >= 0.3 is 0 Å². The van der Waals surface area contributed by atoms with Crippen LogP contribution in [0.1, 0.15) is 33.1 Å². The zero-order valence-corrected chi connectivity index (χ0v) is 13.7. The minimum absolute atomic E-state index is 0.0611. The molecule has 3 unspecified atom stereocenters. The molecular formula is C16H22BrN3. The first-order chi connectivity index (χ1) is 9.56. The molecule has 20 heavy (non-hydrogen) atoms. The molecule has 3 atom stereocenters. The standard InChI is InChI=1S/C16H22BrN3/c1-11-6-5-9-16(12(11)2)10-19-15(18)20(16)14-8-4-3-7-13(14)17/h3-4,7-8,11-12H,5-6,9-10H2,1-2H3,(H2,18,19). The predicted molar refractivity (Wildman–Crippen MR) is 88.0 cm³/mol. The monoisotopic (exact) mass is 335 g/mol. The van der Waals surface area contributed by atoms with Crippen molar-refractivity contribution in [2.24, 2.45) is 22.6 Å². The van der Waals surface area contributed by atoms with E-state index in [1.165, 1.54) is 19.3 Å². The van der Waals surface area contributed by atoms with Gasteiger partial charge in [0.05, 0.1) is 17.8 Å². The molecule has 0 saturated heterocycles. The highest BCUT2D eigenvalue weighted by Gasteiger charge is 2.50. The first-order valence-corrected chi connectivity index (χ1v) is 8.20. The molecule has 0 amide bonds. The minimum atomic E-state index is 0.0611. The van der Waals surface area contributed by atoms with Gasteiger partial charge in [0.25, 0.3) is 0 Å². The number of benzene rings is 1. The molecule has 0 bridgehead atoms. The van der Waals surface area contributed by atoms with Crippen molar-refractivity contribution in [2.45, 2.75) is 38.6 Å². The summed E-state index contributed by atoms with van der Waals surface area (Å²) in [5.41, 5.74) is 7.45. The second-order valence-electron chi connectivity index (χ2n) is 6.22. The van der Waals surface area contributed by atoms with Crippen LogP contribution >= 0.6 is 15.9 Å². The number of anilines is 1. The summed E-state index contributed by atoms with van der Waals surface area (Å²) in [5.74, 6) is 1.97. The van der Waals surface area contributed by atoms with Crippen LogP contribution in [0.4, 0.5) is 5.69 Å². The Kier molecular flexibility index (Phi) is 3.53. The van der Waals surface area contributed by atoms with Crippen molar-refractivity contribution in [3.8, 4) is 0 Å². The summed E-state index contributed by atoms with van der Waals surface area (Å²) in [7, 11) is 0. The van der Waals surface area contributed by atoms with E-state index in [1.807, 2.05) is 6.07 Å². The molecule has 1 spiro atoms. The third-order valence-electron chi connectivity index (χ3n) is 5.25. The lowest BCUT2D eigenvalue weighted by Gasteiger charge is -2.49. The maximum Gasteiger partial charge on any atom is 0.196 e. The molecule has 2 aliphatic rings. The quantitative estimate of drug-likeness (QED) is 0.848. The van der Waals surface area contributed by atoms with Crippen molar-refractivity contribution < 1.29 is 0 Å². The summed E-state index contributed by atoms with van der Waals surface area (Å²) in [4.78, 5) is 6.89. The number of nitrogens with two attached hydrogens (primary N) is 1. The number of nitrogens with zero attached hydrogens (tertiary/aromatic N) is 2. The van der Waals surface area contributed by atoms with Gasteiger partial charge in [-0.1, -0.05) is 38.8 Å². The van der Waals surface area contributed by atoms with E-state index in [-0.39, 0.29) is 5.54 Å². The lowest BCUT2D eigenvalue weighted by molar-refractivity contribution is 0.159. The van der Waals surface area contributed by atoms with Crippen LogP contribution in [-0.4, -0.2) is 18.0 Å². The summed E-state index contributed by atoms with van der Waals surface area (Å²) < 4.78 is 1.09. The third kappa shape index (κ3) is 1.96. The minimum Gasteiger partial charge on any atom is -0.369 e. The average molecular weight is 336 g/mol. The van der Waals surface area contributed by atoms with Crippen LogP contribution in [0.5, 0.6) is 0 Å². The first kappa shape index (κ1) is 13.9. The molecule has 1 fully saturated rings. The second-order valence-corrected chi connectivity index (χ2v) is 7.08. The molecule has 0 aromatic heterocycles. The Bertz CT molecular complexity index is 542. The van der Waals surface area contributed by atoms with Crippen molar-refractivity contribution in [3.05, 3.63) is 28.7 Å². The number of rotatable bonds is 1. The number of hydrogen-bond acceptors (Lipinski definition) is 3. The lowest BCUT2D eigenvalue weighted by atomic mass is 9.67. The maximum absolute atomic E-state index is 6.25. The van der Waals surface area contributed by atoms with Crippen LogP contribution < -0.4 is 10.6 Å². The van der Waals surface area contributed by atoms with E-state index in [1.54, 1.807) is 0 Å². The van der Waals surface area contributed by atoms with Crippen LogP contribution in [0.25, 0.3) is 0 Å². The Morgan fingerprint density at radius 1 is 1.35 bits per heavy atom. The number of halogens is 1. The molecule has 3 nitrogen and oxygen atoms in total. The van der Waals surface area contributed by atoms with Gasteiger partial charge in [-0.15, -0.1) is 0 Å². The number of guanidine groups is 1. The lowest BCUT2D eigenvalue weighted by Crippen LogP contribution is -2.59. The molecule has 4 heteroatoms. The molecule has 1 aromatic carbocycles. The van der Waals surface area contributed by atoms with Crippen LogP contribution in [0.15, 0.2) is 33.7 Å². The molecular weight excluding hydrogens is 314 g/mol. The Morgan fingerprint density at radius 3 is 2.85 bits per heavy atom. The Morgan fingerprint density at radius 2 is 2.10 bits per heavy atom. The van der Waals surface area contributed by atoms with Crippen LogP contribution in [-0.2, 0) is 0 Å². The van der Waals surface area contributed by atoms with E-state index in [0.717, 1.165) is 22.6 Å². The van der Waals surface area contributed by atoms with Crippen molar-refractivity contribution >= 4 is 27.6 Å². The van der Waals surface area contributed by atoms with E-state index in [4.69, 9.17) is 5.73 Å². The number of para-hydroxylation sites is 1. The van der Waals surface area contributed by atoms with E-state index in [2.05, 4.69) is 57.9 Å². The zero-order valence-electron chi connectivity index (χ0n) is 12.1. The second kappa shape index (κ2) is 5.06. The Balaban J connectivity index is 2.06. The highest BCUT2D eigenvalue weighted by atomic mass is 79.9. The molecule has 0 radical (unpaired) electrons. The van der Waals surface area contributed by atoms with E-state index in [9.17, 15) is 0 Å². The van der Waals surface area contributed by atoms with Crippen molar-refractivity contribution in [1.82, 2.24) is 0 Å². The molecule has 1 aromatic rings. The van der Waals surface area contributed by atoms with E-state index < -0.39 is 0 Å². The fourth-order valence-electron chi connectivity index (χ4n) is 3.86. The Labute approximate surface area is 129 Å². The topological polar surface area (TPSA) is 41.6 Å². The molecule has 1 heterocycles. The summed E-state index contributed by atoms with van der Waals surface area (Å²) in [5, 5.41) is 0. The van der Waals surface area contributed by atoms with Crippen LogP contribution in [0, 0.1) is 11.8 Å². The van der Waals surface area contributed by atoms with Gasteiger partial charge < -0.3 is 10.6 Å². The van der Waals surface area contributed by atoms with Gasteiger partial charge in [0.2, 0.25) is 0 Å². The van der Waals surface area contributed by atoms with Gasteiger partial charge in [0.15, 0.2) is 5.96 Å². The zero-order chi connectivity index (χ0) is 14.3. The van der Waals surface area contributed by atoms with Gasteiger partial charge in [-0.05, 0) is 46.3 Å². The maximum atomic E-state index is 6.25. The third-order valence-corrected chi connectivity index (χ3v) is 5.92. The molecule has 1 aliphatic heterocycles. The summed E-state index contributed by atoms with van der Waals surface area (Å²) >= 11 is 3.67. The number of hydrogen-bond donors (Lipinski definition) is 1. The van der Waals surface area contributed by atoms with Crippen LogP contribution in [0.3, 0.4) is 0 Å². The van der Waals surface area contributed by atoms with Crippen molar-refractivity contribution in [1.29, 1.82) is 0 Å². The van der Waals surface area contributed by atoms with Gasteiger partial charge in [-0.25, -0.2) is 0 Å². The predicted octanol–water partition coefficient (Wildman–Crippen LogP) is 3.78. The fourth-order valence-corrected chi connectivity index (χ4v) is 4.32. The molecule has 1 aliphatic carbocycles. The molecule has 108 valence electrons. The number of aliphatic imine (C=N–C) groups is 1. The van der Waals surface area contributed by atoms with Crippen molar-refractivity contribution in [2.75, 3.05) is 11.4 Å². The highest BCUT2D eigenvalue weighted by Crippen LogP contribution is 2.47. The first-order valence-electron chi connectivity index (χ1n) is 7.41. The van der Waals surface area contributed by atoms with E-state index >= 15 is 0 Å².